The van der Waals surface area contributed by atoms with Gasteiger partial charge in [-0.05, 0) is 57.9 Å². The van der Waals surface area contributed by atoms with Gasteiger partial charge < -0.3 is 4.90 Å². The van der Waals surface area contributed by atoms with E-state index in [1.54, 1.807) is 11.3 Å². The third kappa shape index (κ3) is 4.41. The number of likely N-dealkylation sites (N-methyl/N-ethyl adjacent to an activating group) is 1. The molecule has 1 saturated heterocycles. The van der Waals surface area contributed by atoms with Gasteiger partial charge in [-0.2, -0.15) is 0 Å². The summed E-state index contributed by atoms with van der Waals surface area (Å²) in [7, 11) is 2.19. The monoisotopic (exact) mass is 280 g/mol. The second-order valence-corrected chi connectivity index (χ2v) is 6.45. The Hall–Kier alpha value is -0.710. The Morgan fingerprint density at radius 2 is 2.32 bits per heavy atom. The van der Waals surface area contributed by atoms with Gasteiger partial charge >= 0.3 is 0 Å². The summed E-state index contributed by atoms with van der Waals surface area (Å²) in [6.07, 6.45) is 2.89. The van der Waals surface area contributed by atoms with Crippen molar-refractivity contribution in [2.45, 2.75) is 32.2 Å². The molecule has 1 aliphatic heterocycles. The maximum absolute atomic E-state index is 11.9. The smallest absolute Gasteiger partial charge is 0.172 e. The minimum atomic E-state index is 0.301. The molecule has 1 fully saturated rings. The van der Waals surface area contributed by atoms with E-state index in [-0.39, 0.29) is 0 Å². The van der Waals surface area contributed by atoms with Crippen LogP contribution in [0.4, 0.5) is 0 Å². The molecular weight excluding hydrogens is 256 g/mol. The largest absolute Gasteiger partial charge is 0.305 e. The summed E-state index contributed by atoms with van der Waals surface area (Å²) >= 11 is 1.55. The number of nitrogens with zero attached hydrogens (tertiary/aromatic N) is 2. The van der Waals surface area contributed by atoms with Crippen LogP contribution >= 0.6 is 11.3 Å². The molecule has 0 saturated carbocycles. The van der Waals surface area contributed by atoms with Crippen LogP contribution in [-0.2, 0) is 0 Å². The molecule has 0 amide bonds. The predicted octanol–water partition coefficient (Wildman–Crippen LogP) is 2.74. The fraction of sp³-hybridized carbons (Fsp3) is 0.667. The average Bonchev–Trinajstić information content (AvgIpc) is 2.85. The van der Waals surface area contributed by atoms with Crippen molar-refractivity contribution in [1.82, 2.24) is 9.80 Å². The Bertz CT molecular complexity index is 391. The number of hydrogen-bond donors (Lipinski definition) is 0. The van der Waals surface area contributed by atoms with Gasteiger partial charge in [0.25, 0.3) is 0 Å². The lowest BCUT2D eigenvalue weighted by molar-refractivity contribution is 0.0975. The van der Waals surface area contributed by atoms with Crippen molar-refractivity contribution in [2.24, 2.45) is 0 Å². The molecule has 1 aliphatic rings. The highest BCUT2D eigenvalue weighted by Gasteiger charge is 2.19. The van der Waals surface area contributed by atoms with Crippen molar-refractivity contribution in [3.05, 3.63) is 22.4 Å². The standard InChI is InChI=1S/C15H24N2OS/c1-13-12-16(2)8-5-10-17(13)9-3-6-14(18)15-7-4-11-19-15/h4,7,11,13H,3,5-6,8-10,12H2,1-2H3. The van der Waals surface area contributed by atoms with Crippen molar-refractivity contribution in [2.75, 3.05) is 33.2 Å². The van der Waals surface area contributed by atoms with Crippen LogP contribution in [0, 0.1) is 0 Å². The van der Waals surface area contributed by atoms with E-state index < -0.39 is 0 Å². The second kappa shape index (κ2) is 7.17. The molecule has 1 atom stereocenters. The van der Waals surface area contributed by atoms with Gasteiger partial charge in [-0.1, -0.05) is 6.07 Å². The van der Waals surface area contributed by atoms with Gasteiger partial charge in [0, 0.05) is 19.0 Å². The van der Waals surface area contributed by atoms with Crippen LogP contribution in [-0.4, -0.2) is 54.9 Å². The van der Waals surface area contributed by atoms with Gasteiger partial charge in [0.2, 0.25) is 0 Å². The van der Waals surface area contributed by atoms with Crippen LogP contribution in [0.3, 0.4) is 0 Å². The van der Waals surface area contributed by atoms with E-state index in [1.165, 1.54) is 19.5 Å². The molecule has 1 unspecified atom stereocenters. The lowest BCUT2D eigenvalue weighted by Gasteiger charge is -2.27. The molecular formula is C15H24N2OS. The number of hydrogen-bond acceptors (Lipinski definition) is 4. The molecule has 0 aromatic carbocycles. The second-order valence-electron chi connectivity index (χ2n) is 5.50. The fourth-order valence-corrected chi connectivity index (χ4v) is 3.45. The summed E-state index contributed by atoms with van der Waals surface area (Å²) in [4.78, 5) is 17.8. The topological polar surface area (TPSA) is 23.6 Å². The van der Waals surface area contributed by atoms with Crippen molar-refractivity contribution in [3.8, 4) is 0 Å². The van der Waals surface area contributed by atoms with E-state index in [2.05, 4.69) is 23.8 Å². The fourth-order valence-electron chi connectivity index (χ4n) is 2.76. The number of thiophene rings is 1. The minimum absolute atomic E-state index is 0.301. The van der Waals surface area contributed by atoms with Gasteiger partial charge in [-0.3, -0.25) is 9.69 Å². The normalized spacial score (nSPS) is 22.3. The molecule has 0 radical (unpaired) electrons. The van der Waals surface area contributed by atoms with E-state index in [9.17, 15) is 4.79 Å². The van der Waals surface area contributed by atoms with E-state index in [0.717, 1.165) is 24.4 Å². The molecule has 0 aliphatic carbocycles. The molecule has 2 heterocycles. The number of Topliss-reactive ketones (excluding diaryl/α,β-unsaturated/α-hetero) is 1. The van der Waals surface area contributed by atoms with Gasteiger partial charge in [0.15, 0.2) is 5.78 Å². The van der Waals surface area contributed by atoms with E-state index in [1.807, 2.05) is 17.5 Å². The SMILES string of the molecule is CC1CN(C)CCCN1CCCC(=O)c1cccs1. The Kier molecular flexibility index (Phi) is 5.55. The zero-order valence-electron chi connectivity index (χ0n) is 12.0. The lowest BCUT2D eigenvalue weighted by atomic mass is 10.1. The number of rotatable bonds is 5. The minimum Gasteiger partial charge on any atom is -0.305 e. The van der Waals surface area contributed by atoms with Crippen LogP contribution in [0.2, 0.25) is 0 Å². The summed E-state index contributed by atoms with van der Waals surface area (Å²) in [5, 5.41) is 1.97. The first-order valence-corrected chi connectivity index (χ1v) is 8.04. The molecule has 0 bridgehead atoms. The van der Waals surface area contributed by atoms with Gasteiger partial charge in [0.05, 0.1) is 4.88 Å². The molecule has 1 aromatic rings. The highest BCUT2D eigenvalue weighted by molar-refractivity contribution is 7.12. The quantitative estimate of drug-likeness (QED) is 0.775. The van der Waals surface area contributed by atoms with Gasteiger partial charge in [0.1, 0.15) is 0 Å². The van der Waals surface area contributed by atoms with Crippen molar-refractivity contribution in [3.63, 3.8) is 0 Å². The maximum Gasteiger partial charge on any atom is 0.172 e. The summed E-state index contributed by atoms with van der Waals surface area (Å²) < 4.78 is 0. The zero-order chi connectivity index (χ0) is 13.7. The molecule has 19 heavy (non-hydrogen) atoms. The number of carbonyl (C=O) groups excluding carboxylic acids is 1. The van der Waals surface area contributed by atoms with Crippen LogP contribution in [0.15, 0.2) is 17.5 Å². The molecule has 4 heteroatoms. The van der Waals surface area contributed by atoms with Crippen molar-refractivity contribution in [1.29, 1.82) is 0 Å². The summed E-state index contributed by atoms with van der Waals surface area (Å²) in [6.45, 7) is 6.83. The predicted molar refractivity (Wildman–Crippen MR) is 81.0 cm³/mol. The third-order valence-electron chi connectivity index (χ3n) is 3.83. The van der Waals surface area contributed by atoms with Crippen molar-refractivity contribution >= 4 is 17.1 Å². The molecule has 3 nitrogen and oxygen atoms in total. The Labute approximate surface area is 120 Å². The maximum atomic E-state index is 11.9. The van der Waals surface area contributed by atoms with Crippen LogP contribution < -0.4 is 0 Å². The zero-order valence-corrected chi connectivity index (χ0v) is 12.8. The highest BCUT2D eigenvalue weighted by Crippen LogP contribution is 2.14. The summed E-state index contributed by atoms with van der Waals surface area (Å²) in [6, 6.07) is 4.48. The Balaban J connectivity index is 1.74. The Morgan fingerprint density at radius 3 is 3.05 bits per heavy atom. The van der Waals surface area contributed by atoms with E-state index in [0.29, 0.717) is 18.2 Å². The summed E-state index contributed by atoms with van der Waals surface area (Å²) in [5.74, 6) is 0.301. The third-order valence-corrected chi connectivity index (χ3v) is 4.74. The van der Waals surface area contributed by atoms with E-state index in [4.69, 9.17) is 0 Å². The summed E-state index contributed by atoms with van der Waals surface area (Å²) in [5.41, 5.74) is 0. The molecule has 0 N–H and O–H groups in total. The molecule has 106 valence electrons. The molecule has 2 rings (SSSR count). The van der Waals surface area contributed by atoms with E-state index >= 15 is 0 Å². The average molecular weight is 280 g/mol. The van der Waals surface area contributed by atoms with Crippen LogP contribution in [0.1, 0.15) is 35.9 Å². The first-order valence-electron chi connectivity index (χ1n) is 7.16. The first kappa shape index (κ1) is 14.7. The number of carbonyl (C=O) groups is 1. The first-order chi connectivity index (χ1) is 9.16. The van der Waals surface area contributed by atoms with Crippen LogP contribution in [0.5, 0.6) is 0 Å². The van der Waals surface area contributed by atoms with Gasteiger partial charge in [-0.15, -0.1) is 11.3 Å². The van der Waals surface area contributed by atoms with Crippen LogP contribution in [0.25, 0.3) is 0 Å². The molecule has 1 aromatic heterocycles. The van der Waals surface area contributed by atoms with Crippen molar-refractivity contribution < 1.29 is 4.79 Å². The Morgan fingerprint density at radius 1 is 1.47 bits per heavy atom. The van der Waals surface area contributed by atoms with Gasteiger partial charge in [-0.25, -0.2) is 0 Å². The lowest BCUT2D eigenvalue weighted by Crippen LogP contribution is -2.38. The number of ketones is 1. The molecule has 0 spiro atoms. The highest BCUT2D eigenvalue weighted by atomic mass is 32.1.